The van der Waals surface area contributed by atoms with E-state index in [-0.39, 0.29) is 11.9 Å². The second-order valence-electron chi connectivity index (χ2n) is 3.32. The maximum Gasteiger partial charge on any atom is 0.234 e. The average molecular weight is 196 g/mol. The number of rotatable bonds is 5. The zero-order valence-electron chi connectivity index (χ0n) is 8.56. The number of nitrogens with zero attached hydrogens (tertiary/aromatic N) is 1. The fraction of sp³-hybridized carbons (Fsp3) is 0.500. The van der Waals surface area contributed by atoms with Crippen LogP contribution in [-0.2, 0) is 11.3 Å². The van der Waals surface area contributed by atoms with E-state index in [2.05, 4.69) is 0 Å². The molecule has 0 saturated heterocycles. The van der Waals surface area contributed by atoms with E-state index < -0.39 is 0 Å². The molecule has 4 nitrogen and oxygen atoms in total. The summed E-state index contributed by atoms with van der Waals surface area (Å²) in [6.45, 7) is 2.54. The minimum Gasteiger partial charge on any atom is -0.468 e. The summed E-state index contributed by atoms with van der Waals surface area (Å²) < 4.78 is 5.18. The van der Waals surface area contributed by atoms with Crippen LogP contribution in [0.4, 0.5) is 0 Å². The van der Waals surface area contributed by atoms with Crippen LogP contribution in [0.25, 0.3) is 0 Å². The monoisotopic (exact) mass is 196 g/mol. The normalized spacial score (nSPS) is 13.1. The zero-order valence-corrected chi connectivity index (χ0v) is 8.56. The molecule has 0 fully saturated rings. The molecule has 14 heavy (non-hydrogen) atoms. The van der Waals surface area contributed by atoms with Crippen molar-refractivity contribution >= 4 is 5.91 Å². The lowest BCUT2D eigenvalue weighted by Gasteiger charge is -2.22. The van der Waals surface area contributed by atoms with Gasteiger partial charge in [0.1, 0.15) is 5.76 Å². The molecule has 1 unspecified atom stereocenters. The predicted molar refractivity (Wildman–Crippen MR) is 53.4 cm³/mol. The molecule has 78 valence electrons. The maximum absolute atomic E-state index is 11.1. The standard InChI is InChI=1S/C10H16N2O2/c1-3-9(10(11)13)12(2)7-8-5-4-6-14-8/h4-6,9H,3,7H2,1-2H3,(H2,11,13). The van der Waals surface area contributed by atoms with Gasteiger partial charge in [0.2, 0.25) is 5.91 Å². The van der Waals surface area contributed by atoms with Gasteiger partial charge in [0.25, 0.3) is 0 Å². The molecular weight excluding hydrogens is 180 g/mol. The first-order valence-electron chi connectivity index (χ1n) is 4.67. The van der Waals surface area contributed by atoms with Crippen LogP contribution in [0.15, 0.2) is 22.8 Å². The Morgan fingerprint density at radius 2 is 2.43 bits per heavy atom. The Labute approximate surface area is 83.7 Å². The first-order valence-corrected chi connectivity index (χ1v) is 4.67. The average Bonchev–Trinajstić information content (AvgIpc) is 2.57. The van der Waals surface area contributed by atoms with Crippen molar-refractivity contribution in [3.63, 3.8) is 0 Å². The number of amides is 1. The quantitative estimate of drug-likeness (QED) is 0.763. The molecule has 2 N–H and O–H groups in total. The highest BCUT2D eigenvalue weighted by molar-refractivity contribution is 5.79. The van der Waals surface area contributed by atoms with Crippen LogP contribution in [0.3, 0.4) is 0 Å². The van der Waals surface area contributed by atoms with Crippen molar-refractivity contribution in [2.75, 3.05) is 7.05 Å². The van der Waals surface area contributed by atoms with Gasteiger partial charge in [-0.2, -0.15) is 0 Å². The Bertz CT molecular complexity index is 282. The van der Waals surface area contributed by atoms with E-state index in [0.29, 0.717) is 13.0 Å². The fourth-order valence-electron chi connectivity index (χ4n) is 1.49. The molecule has 0 aliphatic carbocycles. The van der Waals surface area contributed by atoms with Crippen molar-refractivity contribution < 1.29 is 9.21 Å². The Hall–Kier alpha value is -1.29. The Morgan fingerprint density at radius 1 is 1.71 bits per heavy atom. The van der Waals surface area contributed by atoms with Crippen molar-refractivity contribution in [2.45, 2.75) is 25.9 Å². The van der Waals surface area contributed by atoms with Gasteiger partial charge in [-0.05, 0) is 25.6 Å². The number of likely N-dealkylation sites (N-methyl/N-ethyl adjacent to an activating group) is 1. The van der Waals surface area contributed by atoms with E-state index in [1.165, 1.54) is 0 Å². The van der Waals surface area contributed by atoms with Crippen LogP contribution in [-0.4, -0.2) is 23.9 Å². The third-order valence-corrected chi connectivity index (χ3v) is 2.23. The van der Waals surface area contributed by atoms with Gasteiger partial charge in [-0.15, -0.1) is 0 Å². The van der Waals surface area contributed by atoms with E-state index in [9.17, 15) is 4.79 Å². The van der Waals surface area contributed by atoms with Gasteiger partial charge in [-0.1, -0.05) is 6.92 Å². The summed E-state index contributed by atoms with van der Waals surface area (Å²) in [5.74, 6) is 0.550. The number of primary amides is 1. The third-order valence-electron chi connectivity index (χ3n) is 2.23. The van der Waals surface area contributed by atoms with Crippen LogP contribution in [0.1, 0.15) is 19.1 Å². The second-order valence-corrected chi connectivity index (χ2v) is 3.32. The highest BCUT2D eigenvalue weighted by atomic mass is 16.3. The van der Waals surface area contributed by atoms with Crippen LogP contribution < -0.4 is 5.73 Å². The SMILES string of the molecule is CCC(C(N)=O)N(C)Cc1ccco1. The molecule has 0 radical (unpaired) electrons. The molecule has 4 heteroatoms. The molecule has 0 aromatic carbocycles. The van der Waals surface area contributed by atoms with Crippen LogP contribution in [0, 0.1) is 0 Å². The number of nitrogens with two attached hydrogens (primary N) is 1. The van der Waals surface area contributed by atoms with Crippen molar-refractivity contribution in [2.24, 2.45) is 5.73 Å². The smallest absolute Gasteiger partial charge is 0.234 e. The van der Waals surface area contributed by atoms with Gasteiger partial charge in [0, 0.05) is 0 Å². The number of hydrogen-bond donors (Lipinski definition) is 1. The number of carbonyl (C=O) groups excluding carboxylic acids is 1. The van der Waals surface area contributed by atoms with Gasteiger partial charge in [-0.3, -0.25) is 9.69 Å². The molecule has 1 amide bonds. The summed E-state index contributed by atoms with van der Waals surface area (Å²) in [5, 5.41) is 0. The van der Waals surface area contributed by atoms with E-state index >= 15 is 0 Å². The number of carbonyl (C=O) groups is 1. The maximum atomic E-state index is 11.1. The zero-order chi connectivity index (χ0) is 10.6. The first-order chi connectivity index (χ1) is 6.65. The van der Waals surface area contributed by atoms with Gasteiger partial charge >= 0.3 is 0 Å². The molecule has 1 aromatic heterocycles. The van der Waals surface area contributed by atoms with Crippen molar-refractivity contribution in [3.05, 3.63) is 24.2 Å². The van der Waals surface area contributed by atoms with Crippen LogP contribution in [0.2, 0.25) is 0 Å². The van der Waals surface area contributed by atoms with E-state index in [1.54, 1.807) is 6.26 Å². The minimum absolute atomic E-state index is 0.222. The van der Waals surface area contributed by atoms with Crippen molar-refractivity contribution in [3.8, 4) is 0 Å². The Morgan fingerprint density at radius 3 is 2.86 bits per heavy atom. The van der Waals surface area contributed by atoms with Crippen LogP contribution >= 0.6 is 0 Å². The summed E-state index contributed by atoms with van der Waals surface area (Å²) in [6, 6.07) is 3.48. The summed E-state index contributed by atoms with van der Waals surface area (Å²) in [4.78, 5) is 12.9. The molecule has 0 saturated carbocycles. The van der Waals surface area contributed by atoms with E-state index in [0.717, 1.165) is 5.76 Å². The van der Waals surface area contributed by atoms with Crippen molar-refractivity contribution in [1.29, 1.82) is 0 Å². The lowest BCUT2D eigenvalue weighted by Crippen LogP contribution is -2.41. The molecule has 0 aliphatic rings. The van der Waals surface area contributed by atoms with Gasteiger partial charge in [-0.25, -0.2) is 0 Å². The third kappa shape index (κ3) is 2.60. The molecule has 0 bridgehead atoms. The Kier molecular flexibility index (Phi) is 3.71. The highest BCUT2D eigenvalue weighted by Crippen LogP contribution is 2.08. The molecule has 0 spiro atoms. The van der Waals surface area contributed by atoms with E-state index in [4.69, 9.17) is 10.2 Å². The summed E-state index contributed by atoms with van der Waals surface area (Å²) in [7, 11) is 1.86. The lowest BCUT2D eigenvalue weighted by molar-refractivity contribution is -0.123. The molecule has 0 aliphatic heterocycles. The fourth-order valence-corrected chi connectivity index (χ4v) is 1.49. The van der Waals surface area contributed by atoms with Gasteiger partial charge in [0.15, 0.2) is 0 Å². The summed E-state index contributed by atoms with van der Waals surface area (Å²) in [5.41, 5.74) is 5.27. The highest BCUT2D eigenvalue weighted by Gasteiger charge is 2.18. The number of hydrogen-bond acceptors (Lipinski definition) is 3. The first kappa shape index (κ1) is 10.8. The van der Waals surface area contributed by atoms with Gasteiger partial charge in [0.05, 0.1) is 18.8 Å². The molecule has 1 aromatic rings. The minimum atomic E-state index is -0.290. The molecule has 1 heterocycles. The lowest BCUT2D eigenvalue weighted by atomic mass is 10.2. The molecule has 1 atom stereocenters. The topological polar surface area (TPSA) is 59.5 Å². The summed E-state index contributed by atoms with van der Waals surface area (Å²) >= 11 is 0. The second kappa shape index (κ2) is 4.81. The molecular formula is C10H16N2O2. The summed E-state index contributed by atoms with van der Waals surface area (Å²) in [6.07, 6.45) is 2.33. The Balaban J connectivity index is 2.56. The molecule has 1 rings (SSSR count). The number of furan rings is 1. The predicted octanol–water partition coefficient (Wildman–Crippen LogP) is 0.975. The van der Waals surface area contributed by atoms with Crippen molar-refractivity contribution in [1.82, 2.24) is 4.90 Å². The largest absolute Gasteiger partial charge is 0.468 e. The van der Waals surface area contributed by atoms with E-state index in [1.807, 2.05) is 31.0 Å². The van der Waals surface area contributed by atoms with Gasteiger partial charge < -0.3 is 10.2 Å². The van der Waals surface area contributed by atoms with Crippen LogP contribution in [0.5, 0.6) is 0 Å².